The van der Waals surface area contributed by atoms with Crippen molar-refractivity contribution in [1.29, 1.82) is 0 Å². The van der Waals surface area contributed by atoms with Gasteiger partial charge < -0.3 is 19.7 Å². The fourth-order valence-electron chi connectivity index (χ4n) is 0.770. The van der Waals surface area contributed by atoms with E-state index in [2.05, 4.69) is 6.92 Å². The highest BCUT2D eigenvalue weighted by Crippen LogP contribution is 1.98. The fraction of sp³-hybridized carbons (Fsp3) is 0.889. The molecule has 0 aromatic carbocycles. The highest BCUT2D eigenvalue weighted by molar-refractivity contribution is 4.66. The van der Waals surface area contributed by atoms with E-state index in [1.165, 1.54) is 0 Å². The number of aliphatic hydroxyl groups excluding tert-OH is 2. The zero-order valence-electron chi connectivity index (χ0n) is 8.11. The van der Waals surface area contributed by atoms with Gasteiger partial charge in [0, 0.05) is 6.61 Å². The molecule has 79 valence electrons. The second kappa shape index (κ2) is 8.44. The van der Waals surface area contributed by atoms with Crippen LogP contribution in [0.2, 0.25) is 0 Å². The summed E-state index contributed by atoms with van der Waals surface area (Å²) in [5, 5.41) is 18.3. The Morgan fingerprint density at radius 1 is 1.15 bits per heavy atom. The lowest BCUT2D eigenvalue weighted by Gasteiger charge is -2.15. The van der Waals surface area contributed by atoms with Gasteiger partial charge in [-0.25, -0.2) is 0 Å². The van der Waals surface area contributed by atoms with Crippen LogP contribution in [-0.2, 0) is 9.47 Å². The molecular weight excluding hydrogens is 172 g/mol. The summed E-state index contributed by atoms with van der Waals surface area (Å²) >= 11 is 0. The molecule has 0 saturated heterocycles. The molecule has 0 fully saturated rings. The Balaban J connectivity index is 3.21. The summed E-state index contributed by atoms with van der Waals surface area (Å²) in [6.45, 7) is 7.12. The third kappa shape index (κ3) is 6.95. The summed E-state index contributed by atoms with van der Waals surface area (Å²) in [4.78, 5) is 0. The van der Waals surface area contributed by atoms with E-state index in [0.29, 0.717) is 19.8 Å². The van der Waals surface area contributed by atoms with Gasteiger partial charge in [0.25, 0.3) is 0 Å². The monoisotopic (exact) mass is 191 g/mol. The van der Waals surface area contributed by atoms with Crippen molar-refractivity contribution in [3.05, 3.63) is 6.92 Å². The third-order valence-electron chi connectivity index (χ3n) is 1.60. The lowest BCUT2D eigenvalue weighted by atomic mass is 10.2. The van der Waals surface area contributed by atoms with Gasteiger partial charge in [-0.1, -0.05) is 6.92 Å². The van der Waals surface area contributed by atoms with Gasteiger partial charge in [0.1, 0.15) is 6.10 Å². The van der Waals surface area contributed by atoms with Gasteiger partial charge in [0.05, 0.1) is 25.9 Å². The van der Waals surface area contributed by atoms with Crippen LogP contribution in [-0.4, -0.2) is 48.8 Å². The minimum atomic E-state index is -0.848. The summed E-state index contributed by atoms with van der Waals surface area (Å²) in [7, 11) is 0. The van der Waals surface area contributed by atoms with Crippen molar-refractivity contribution in [2.24, 2.45) is 0 Å². The smallest absolute Gasteiger partial charge is 0.103 e. The van der Waals surface area contributed by atoms with Gasteiger partial charge in [0.2, 0.25) is 0 Å². The zero-order valence-corrected chi connectivity index (χ0v) is 8.11. The van der Waals surface area contributed by atoms with E-state index in [4.69, 9.17) is 14.6 Å². The first-order chi connectivity index (χ1) is 6.22. The quantitative estimate of drug-likeness (QED) is 0.530. The van der Waals surface area contributed by atoms with Crippen LogP contribution in [0.3, 0.4) is 0 Å². The Labute approximate surface area is 79.5 Å². The fourth-order valence-corrected chi connectivity index (χ4v) is 0.770. The van der Waals surface area contributed by atoms with Crippen LogP contribution < -0.4 is 0 Å². The van der Waals surface area contributed by atoms with E-state index in [9.17, 15) is 5.11 Å². The molecule has 2 N–H and O–H groups in total. The minimum absolute atomic E-state index is 0.129. The Bertz CT molecular complexity index is 108. The number of hydrogen-bond acceptors (Lipinski definition) is 4. The summed E-state index contributed by atoms with van der Waals surface area (Å²) in [5.74, 6) is 0. The molecule has 0 aliphatic carbocycles. The van der Waals surface area contributed by atoms with Gasteiger partial charge in [-0.2, -0.15) is 0 Å². The molecule has 0 aromatic rings. The highest BCUT2D eigenvalue weighted by Gasteiger charge is 2.13. The van der Waals surface area contributed by atoms with E-state index in [1.54, 1.807) is 0 Å². The van der Waals surface area contributed by atoms with E-state index in [1.807, 2.05) is 6.92 Å². The first-order valence-corrected chi connectivity index (χ1v) is 4.53. The first-order valence-electron chi connectivity index (χ1n) is 4.53. The molecule has 0 spiro atoms. The van der Waals surface area contributed by atoms with Crippen molar-refractivity contribution in [3.63, 3.8) is 0 Å². The molecule has 0 bridgehead atoms. The highest BCUT2D eigenvalue weighted by atomic mass is 16.5. The summed E-state index contributed by atoms with van der Waals surface area (Å²) in [6, 6.07) is 0. The average Bonchev–Trinajstić information content (AvgIpc) is 2.16. The topological polar surface area (TPSA) is 58.9 Å². The maximum absolute atomic E-state index is 9.22. The molecule has 4 nitrogen and oxygen atoms in total. The lowest BCUT2D eigenvalue weighted by Crippen LogP contribution is -2.30. The maximum Gasteiger partial charge on any atom is 0.103 e. The summed E-state index contributed by atoms with van der Waals surface area (Å²) in [5.41, 5.74) is 0. The SMILES string of the molecule is [CH2]CC(O)C(O)COCCOCC. The second-order valence-electron chi connectivity index (χ2n) is 2.70. The maximum atomic E-state index is 9.22. The Hall–Kier alpha value is -0.160. The predicted molar refractivity (Wildman–Crippen MR) is 49.3 cm³/mol. The number of hydrogen-bond donors (Lipinski definition) is 2. The van der Waals surface area contributed by atoms with Gasteiger partial charge in [0.15, 0.2) is 0 Å². The van der Waals surface area contributed by atoms with Crippen molar-refractivity contribution >= 4 is 0 Å². The first kappa shape index (κ1) is 12.8. The molecule has 0 aromatic heterocycles. The molecule has 1 radical (unpaired) electrons. The molecule has 2 atom stereocenters. The molecule has 0 rings (SSSR count). The van der Waals surface area contributed by atoms with Crippen LogP contribution in [0.4, 0.5) is 0 Å². The normalized spacial score (nSPS) is 15.7. The molecule has 13 heavy (non-hydrogen) atoms. The van der Waals surface area contributed by atoms with Gasteiger partial charge in [-0.3, -0.25) is 0 Å². The second-order valence-corrected chi connectivity index (χ2v) is 2.70. The standard InChI is InChI=1S/C9H19O4/c1-3-8(10)9(11)7-13-6-5-12-4-2/h8-11H,1,3-7H2,2H3. The molecule has 0 aliphatic heterocycles. The van der Waals surface area contributed by atoms with Crippen LogP contribution in [0, 0.1) is 6.92 Å². The van der Waals surface area contributed by atoms with Gasteiger partial charge in [-0.15, -0.1) is 0 Å². The lowest BCUT2D eigenvalue weighted by molar-refractivity contribution is -0.0466. The van der Waals surface area contributed by atoms with Crippen molar-refractivity contribution in [1.82, 2.24) is 0 Å². The van der Waals surface area contributed by atoms with E-state index in [-0.39, 0.29) is 13.0 Å². The molecule has 0 heterocycles. The Kier molecular flexibility index (Phi) is 8.33. The van der Waals surface area contributed by atoms with E-state index >= 15 is 0 Å². The number of aliphatic hydroxyl groups is 2. The third-order valence-corrected chi connectivity index (χ3v) is 1.60. The van der Waals surface area contributed by atoms with Crippen LogP contribution in [0.25, 0.3) is 0 Å². The molecular formula is C9H19O4. The Morgan fingerprint density at radius 3 is 2.31 bits per heavy atom. The van der Waals surface area contributed by atoms with Crippen molar-refractivity contribution in [2.75, 3.05) is 26.4 Å². The Morgan fingerprint density at radius 2 is 1.77 bits per heavy atom. The molecule has 4 heteroatoms. The largest absolute Gasteiger partial charge is 0.390 e. The van der Waals surface area contributed by atoms with E-state index in [0.717, 1.165) is 0 Å². The van der Waals surface area contributed by atoms with Crippen molar-refractivity contribution in [2.45, 2.75) is 25.6 Å². The van der Waals surface area contributed by atoms with Crippen LogP contribution in [0.15, 0.2) is 0 Å². The number of ether oxygens (including phenoxy) is 2. The van der Waals surface area contributed by atoms with Crippen LogP contribution >= 0.6 is 0 Å². The van der Waals surface area contributed by atoms with E-state index < -0.39 is 12.2 Å². The summed E-state index contributed by atoms with van der Waals surface area (Å²) in [6.07, 6.45) is -1.36. The zero-order chi connectivity index (χ0) is 10.1. The van der Waals surface area contributed by atoms with Gasteiger partial charge in [-0.05, 0) is 13.3 Å². The average molecular weight is 191 g/mol. The number of rotatable bonds is 8. The minimum Gasteiger partial charge on any atom is -0.390 e. The van der Waals surface area contributed by atoms with Crippen LogP contribution in [0.1, 0.15) is 13.3 Å². The van der Waals surface area contributed by atoms with Crippen LogP contribution in [0.5, 0.6) is 0 Å². The molecule has 0 amide bonds. The van der Waals surface area contributed by atoms with Crippen molar-refractivity contribution in [3.8, 4) is 0 Å². The molecule has 0 saturated carbocycles. The molecule has 0 aliphatic rings. The van der Waals surface area contributed by atoms with Crippen molar-refractivity contribution < 1.29 is 19.7 Å². The summed E-state index contributed by atoms with van der Waals surface area (Å²) < 4.78 is 10.1. The van der Waals surface area contributed by atoms with Gasteiger partial charge >= 0.3 is 0 Å². The predicted octanol–water partition coefficient (Wildman–Crippen LogP) is -0.0145. The molecule has 2 unspecified atom stereocenters.